The van der Waals surface area contributed by atoms with Gasteiger partial charge in [-0.2, -0.15) is 0 Å². The molecule has 3 rings (SSSR count). The zero-order valence-corrected chi connectivity index (χ0v) is 13.5. The highest BCUT2D eigenvalue weighted by molar-refractivity contribution is 6.02. The van der Waals surface area contributed by atoms with E-state index in [2.05, 4.69) is 0 Å². The number of carbonyl (C=O) groups is 1. The van der Waals surface area contributed by atoms with E-state index in [0.29, 0.717) is 28.3 Å². The minimum atomic E-state index is -0.403. The van der Waals surface area contributed by atoms with Crippen LogP contribution in [0.1, 0.15) is 10.4 Å². The van der Waals surface area contributed by atoms with Crippen molar-refractivity contribution in [2.45, 2.75) is 0 Å². The number of hydrogen-bond acceptors (Lipinski definition) is 4. The van der Waals surface area contributed by atoms with E-state index in [1.54, 1.807) is 30.5 Å². The number of rotatable bonds is 4. The molecular weight excluding hydrogens is 313 g/mol. The average Bonchev–Trinajstić information content (AvgIpc) is 3.02. The first kappa shape index (κ1) is 15.9. The van der Waals surface area contributed by atoms with Gasteiger partial charge < -0.3 is 14.2 Å². The van der Waals surface area contributed by atoms with Crippen molar-refractivity contribution < 1.29 is 23.4 Å². The Morgan fingerprint density at radius 3 is 2.21 bits per heavy atom. The summed E-state index contributed by atoms with van der Waals surface area (Å²) in [5.74, 6) is 0.431. The molecule has 5 nitrogen and oxygen atoms in total. The molecule has 0 unspecified atom stereocenters. The maximum absolute atomic E-state index is 13.5. The fourth-order valence-electron chi connectivity index (χ4n) is 2.62. The third kappa shape index (κ3) is 2.56. The first-order valence-electron chi connectivity index (χ1n) is 7.20. The van der Waals surface area contributed by atoms with Crippen molar-refractivity contribution in [3.8, 4) is 17.2 Å². The van der Waals surface area contributed by atoms with Gasteiger partial charge in [-0.25, -0.2) is 4.39 Å². The van der Waals surface area contributed by atoms with Crippen molar-refractivity contribution in [3.63, 3.8) is 0 Å². The Bertz CT molecular complexity index is 892. The van der Waals surface area contributed by atoms with E-state index >= 15 is 0 Å². The lowest BCUT2D eigenvalue weighted by atomic mass is 10.1. The van der Waals surface area contributed by atoms with Crippen molar-refractivity contribution in [1.82, 2.24) is 4.57 Å². The molecule has 0 aliphatic carbocycles. The van der Waals surface area contributed by atoms with E-state index in [9.17, 15) is 9.18 Å². The molecule has 1 aromatic heterocycles. The molecule has 0 aliphatic heterocycles. The number of benzene rings is 2. The molecule has 0 bridgehead atoms. The highest BCUT2D eigenvalue weighted by Crippen LogP contribution is 2.38. The van der Waals surface area contributed by atoms with E-state index in [0.717, 1.165) is 5.39 Å². The monoisotopic (exact) mass is 329 g/mol. The van der Waals surface area contributed by atoms with Gasteiger partial charge >= 0.3 is 0 Å². The summed E-state index contributed by atoms with van der Waals surface area (Å²) in [4.78, 5) is 12.9. The van der Waals surface area contributed by atoms with Gasteiger partial charge in [0.2, 0.25) is 5.75 Å². The van der Waals surface area contributed by atoms with Crippen LogP contribution in [0.4, 0.5) is 4.39 Å². The number of methoxy groups -OCH3 is 3. The van der Waals surface area contributed by atoms with Crippen LogP contribution in [0.15, 0.2) is 42.6 Å². The van der Waals surface area contributed by atoms with E-state index < -0.39 is 5.82 Å². The van der Waals surface area contributed by atoms with Gasteiger partial charge in [0.15, 0.2) is 11.5 Å². The van der Waals surface area contributed by atoms with Crippen molar-refractivity contribution in [3.05, 3.63) is 54.0 Å². The topological polar surface area (TPSA) is 49.7 Å². The van der Waals surface area contributed by atoms with Crippen LogP contribution in [-0.2, 0) is 0 Å². The summed E-state index contributed by atoms with van der Waals surface area (Å²) in [6.45, 7) is 0. The van der Waals surface area contributed by atoms with Crippen molar-refractivity contribution in [1.29, 1.82) is 0 Å². The number of aromatic nitrogens is 1. The molecule has 0 saturated carbocycles. The Kier molecular flexibility index (Phi) is 4.12. The van der Waals surface area contributed by atoms with Crippen molar-refractivity contribution in [2.24, 2.45) is 0 Å². The van der Waals surface area contributed by atoms with Crippen molar-refractivity contribution in [2.75, 3.05) is 21.3 Å². The van der Waals surface area contributed by atoms with Gasteiger partial charge in [0, 0.05) is 17.1 Å². The van der Waals surface area contributed by atoms with Gasteiger partial charge in [-0.3, -0.25) is 9.36 Å². The highest BCUT2D eigenvalue weighted by Gasteiger charge is 2.19. The van der Waals surface area contributed by atoms with Crippen LogP contribution >= 0.6 is 0 Å². The zero-order chi connectivity index (χ0) is 17.3. The molecule has 0 aliphatic rings. The first-order chi connectivity index (χ1) is 11.6. The Balaban J connectivity index is 2.13. The summed E-state index contributed by atoms with van der Waals surface area (Å²) in [7, 11) is 4.45. The Hall–Kier alpha value is -3.02. The van der Waals surface area contributed by atoms with Gasteiger partial charge in [0.05, 0.1) is 26.8 Å². The third-order valence-electron chi connectivity index (χ3n) is 3.79. The lowest BCUT2D eigenvalue weighted by molar-refractivity contribution is 0.0964. The van der Waals surface area contributed by atoms with E-state index in [1.165, 1.54) is 38.0 Å². The van der Waals surface area contributed by atoms with Crippen LogP contribution in [0.25, 0.3) is 10.9 Å². The highest BCUT2D eigenvalue weighted by atomic mass is 19.1. The second-order valence-electron chi connectivity index (χ2n) is 5.11. The molecule has 2 aromatic carbocycles. The largest absolute Gasteiger partial charge is 0.493 e. The van der Waals surface area contributed by atoms with Gasteiger partial charge in [0.1, 0.15) is 5.82 Å². The zero-order valence-electron chi connectivity index (χ0n) is 13.5. The molecule has 0 atom stereocenters. The second-order valence-corrected chi connectivity index (χ2v) is 5.11. The molecule has 0 amide bonds. The third-order valence-corrected chi connectivity index (χ3v) is 3.79. The summed E-state index contributed by atoms with van der Waals surface area (Å²) in [5.41, 5.74) is 0.833. The summed E-state index contributed by atoms with van der Waals surface area (Å²) >= 11 is 0. The molecule has 0 radical (unpaired) electrons. The number of nitrogens with zero attached hydrogens (tertiary/aromatic N) is 1. The molecule has 0 N–H and O–H groups in total. The van der Waals surface area contributed by atoms with Crippen LogP contribution in [0.5, 0.6) is 17.2 Å². The molecule has 0 fully saturated rings. The summed E-state index contributed by atoms with van der Waals surface area (Å²) in [6, 6.07) is 9.19. The molecule has 0 saturated heterocycles. The van der Waals surface area contributed by atoms with Gasteiger partial charge in [0.25, 0.3) is 5.91 Å². The molecule has 3 aromatic rings. The number of carbonyl (C=O) groups excluding carboxylic acids is 1. The van der Waals surface area contributed by atoms with Crippen LogP contribution in [0, 0.1) is 5.82 Å². The van der Waals surface area contributed by atoms with Gasteiger partial charge in [-0.05, 0) is 36.4 Å². The average molecular weight is 329 g/mol. The molecule has 124 valence electrons. The van der Waals surface area contributed by atoms with Crippen molar-refractivity contribution >= 4 is 16.8 Å². The summed E-state index contributed by atoms with van der Waals surface area (Å²) in [5, 5.41) is 0.775. The van der Waals surface area contributed by atoms with Crippen LogP contribution < -0.4 is 14.2 Å². The molecule has 1 heterocycles. The molecule has 24 heavy (non-hydrogen) atoms. The number of ether oxygens (including phenoxy) is 3. The van der Waals surface area contributed by atoms with Gasteiger partial charge in [-0.1, -0.05) is 0 Å². The first-order valence-corrected chi connectivity index (χ1v) is 7.20. The predicted molar refractivity (Wildman–Crippen MR) is 87.7 cm³/mol. The molecular formula is C18H16FNO4. The summed E-state index contributed by atoms with van der Waals surface area (Å²) < 4.78 is 30.7. The minimum Gasteiger partial charge on any atom is -0.493 e. The van der Waals surface area contributed by atoms with Crippen LogP contribution in [0.3, 0.4) is 0 Å². The fraction of sp³-hybridized carbons (Fsp3) is 0.167. The Morgan fingerprint density at radius 2 is 1.62 bits per heavy atom. The SMILES string of the molecule is COc1cc(C(=O)n2ccc3ccc(F)cc32)cc(OC)c1OC. The number of hydrogen-bond donors (Lipinski definition) is 0. The molecule has 6 heteroatoms. The van der Waals surface area contributed by atoms with Gasteiger partial charge in [-0.15, -0.1) is 0 Å². The van der Waals surface area contributed by atoms with Crippen LogP contribution in [-0.4, -0.2) is 31.8 Å². The molecule has 0 spiro atoms. The second kappa shape index (κ2) is 6.23. The smallest absolute Gasteiger partial charge is 0.262 e. The van der Waals surface area contributed by atoms with Crippen LogP contribution in [0.2, 0.25) is 0 Å². The number of halogens is 1. The van der Waals surface area contributed by atoms with E-state index in [-0.39, 0.29) is 5.91 Å². The summed E-state index contributed by atoms with van der Waals surface area (Å²) in [6.07, 6.45) is 1.61. The lowest BCUT2D eigenvalue weighted by Gasteiger charge is -2.14. The van der Waals surface area contributed by atoms with E-state index in [1.807, 2.05) is 0 Å². The quantitative estimate of drug-likeness (QED) is 0.735. The normalized spacial score (nSPS) is 10.7. The maximum atomic E-state index is 13.5. The van der Waals surface area contributed by atoms with E-state index in [4.69, 9.17) is 14.2 Å². The predicted octanol–water partition coefficient (Wildman–Crippen LogP) is 3.49. The Morgan fingerprint density at radius 1 is 0.958 bits per heavy atom. The number of fused-ring (bicyclic) bond motifs is 1. The lowest BCUT2D eigenvalue weighted by Crippen LogP contribution is -2.11. The fourth-order valence-corrected chi connectivity index (χ4v) is 2.62. The standard InChI is InChI=1S/C18H16FNO4/c1-22-15-8-12(9-16(23-2)17(15)24-3)18(21)20-7-6-11-4-5-13(19)10-14(11)20/h4-10H,1-3H3. The Labute approximate surface area is 138 Å². The minimum absolute atomic E-state index is 0.324. The maximum Gasteiger partial charge on any atom is 0.262 e.